The van der Waals surface area contributed by atoms with E-state index in [4.69, 9.17) is 18.0 Å². The highest BCUT2D eigenvalue weighted by atomic mass is 32.1. The van der Waals surface area contributed by atoms with Crippen LogP contribution >= 0.6 is 12.2 Å². The number of thiocarbonyl (C=S) groups is 1. The molecule has 0 aliphatic rings. The van der Waals surface area contributed by atoms with Gasteiger partial charge in [0, 0.05) is 23.8 Å². The summed E-state index contributed by atoms with van der Waals surface area (Å²) in [5, 5.41) is 1.13. The lowest BCUT2D eigenvalue weighted by molar-refractivity contribution is 0.625. The molecule has 4 heteroatoms. The maximum atomic E-state index is 13.2. The van der Waals surface area contributed by atoms with Gasteiger partial charge in [0.15, 0.2) is 0 Å². The highest BCUT2D eigenvalue weighted by molar-refractivity contribution is 7.80. The van der Waals surface area contributed by atoms with Gasteiger partial charge in [-0.1, -0.05) is 30.4 Å². The number of hydrogen-bond donors (Lipinski definition) is 1. The molecule has 0 spiro atoms. The van der Waals surface area contributed by atoms with Gasteiger partial charge in [-0.25, -0.2) is 4.39 Å². The number of nitrogens with zero attached hydrogens (tertiary/aromatic N) is 1. The molecule has 0 aliphatic heterocycles. The van der Waals surface area contributed by atoms with Gasteiger partial charge in [-0.05, 0) is 47.7 Å². The molecule has 1 heterocycles. The van der Waals surface area contributed by atoms with Gasteiger partial charge >= 0.3 is 0 Å². The highest BCUT2D eigenvalue weighted by Gasteiger charge is 2.06. The number of rotatable bonds is 3. The van der Waals surface area contributed by atoms with Crippen LogP contribution in [0, 0.1) is 12.7 Å². The Hall–Kier alpha value is -2.20. The smallest absolute Gasteiger partial charge is 0.123 e. The standard InChI is InChI=1S/C17H15FN2S/c1-11-8-15(18)5-4-14(11)10-20-7-6-12-2-3-13(17(19)21)9-16(12)20/h2-9H,10H2,1H3,(H2,19,21). The van der Waals surface area contributed by atoms with E-state index in [9.17, 15) is 4.39 Å². The summed E-state index contributed by atoms with van der Waals surface area (Å²) < 4.78 is 15.3. The zero-order chi connectivity index (χ0) is 15.0. The van der Waals surface area contributed by atoms with Gasteiger partial charge in [0.2, 0.25) is 0 Å². The van der Waals surface area contributed by atoms with Crippen LogP contribution in [-0.4, -0.2) is 9.56 Å². The van der Waals surface area contributed by atoms with E-state index in [-0.39, 0.29) is 5.82 Å². The van der Waals surface area contributed by atoms with Crippen molar-refractivity contribution in [1.29, 1.82) is 0 Å². The van der Waals surface area contributed by atoms with Crippen LogP contribution in [0.15, 0.2) is 48.7 Å². The van der Waals surface area contributed by atoms with Gasteiger partial charge in [-0.3, -0.25) is 0 Å². The molecule has 0 atom stereocenters. The zero-order valence-electron chi connectivity index (χ0n) is 11.6. The zero-order valence-corrected chi connectivity index (χ0v) is 12.5. The van der Waals surface area contributed by atoms with Gasteiger partial charge < -0.3 is 10.3 Å². The third kappa shape index (κ3) is 2.67. The first-order chi connectivity index (χ1) is 10.0. The van der Waals surface area contributed by atoms with E-state index in [1.165, 1.54) is 6.07 Å². The van der Waals surface area contributed by atoms with Crippen molar-refractivity contribution in [3.05, 3.63) is 71.2 Å². The fourth-order valence-electron chi connectivity index (χ4n) is 2.50. The fraction of sp³-hybridized carbons (Fsp3) is 0.118. The predicted molar refractivity (Wildman–Crippen MR) is 88.1 cm³/mol. The largest absolute Gasteiger partial charge is 0.389 e. The number of aryl methyl sites for hydroxylation is 1. The first kappa shape index (κ1) is 13.8. The summed E-state index contributed by atoms with van der Waals surface area (Å²) in [6.07, 6.45) is 2.02. The number of aromatic nitrogens is 1. The summed E-state index contributed by atoms with van der Waals surface area (Å²) in [6, 6.07) is 12.9. The molecular formula is C17H15FN2S. The minimum Gasteiger partial charge on any atom is -0.389 e. The van der Waals surface area contributed by atoms with Crippen LogP contribution in [0.4, 0.5) is 4.39 Å². The normalized spacial score (nSPS) is 11.0. The Kier molecular flexibility index (Phi) is 3.47. The minimum absolute atomic E-state index is 0.204. The fourth-order valence-corrected chi connectivity index (χ4v) is 2.62. The predicted octanol–water partition coefficient (Wildman–Crippen LogP) is 3.77. The van der Waals surface area contributed by atoms with Crippen molar-refractivity contribution in [2.75, 3.05) is 0 Å². The molecule has 2 nitrogen and oxygen atoms in total. The molecule has 3 aromatic rings. The minimum atomic E-state index is -0.204. The Morgan fingerprint density at radius 2 is 2.00 bits per heavy atom. The quantitative estimate of drug-likeness (QED) is 0.746. The van der Waals surface area contributed by atoms with E-state index in [1.54, 1.807) is 6.07 Å². The van der Waals surface area contributed by atoms with Crippen LogP contribution in [0.2, 0.25) is 0 Å². The second-order valence-corrected chi connectivity index (χ2v) is 5.59. The monoisotopic (exact) mass is 298 g/mol. The van der Waals surface area contributed by atoms with Crippen LogP contribution in [-0.2, 0) is 6.54 Å². The Bertz CT molecular complexity index is 836. The van der Waals surface area contributed by atoms with E-state index in [0.717, 1.165) is 27.6 Å². The SMILES string of the molecule is Cc1cc(F)ccc1Cn1ccc2ccc(C(N)=S)cc21. The Morgan fingerprint density at radius 3 is 2.71 bits per heavy atom. The molecule has 2 aromatic carbocycles. The molecule has 0 unspecified atom stereocenters. The lowest BCUT2D eigenvalue weighted by Crippen LogP contribution is -2.09. The average Bonchev–Trinajstić information content (AvgIpc) is 2.84. The van der Waals surface area contributed by atoms with Crippen molar-refractivity contribution < 1.29 is 4.39 Å². The summed E-state index contributed by atoms with van der Waals surface area (Å²) in [7, 11) is 0. The lowest BCUT2D eigenvalue weighted by atomic mass is 10.1. The summed E-state index contributed by atoms with van der Waals surface area (Å²) in [4.78, 5) is 0.391. The second-order valence-electron chi connectivity index (χ2n) is 5.15. The van der Waals surface area contributed by atoms with E-state index < -0.39 is 0 Å². The molecular weight excluding hydrogens is 283 g/mol. The van der Waals surface area contributed by atoms with Gasteiger partial charge in [0.1, 0.15) is 10.8 Å². The maximum absolute atomic E-state index is 13.2. The molecule has 21 heavy (non-hydrogen) atoms. The van der Waals surface area contributed by atoms with Crippen molar-refractivity contribution in [2.24, 2.45) is 5.73 Å². The Balaban J connectivity index is 2.04. The average molecular weight is 298 g/mol. The molecule has 0 radical (unpaired) electrons. The van der Waals surface area contributed by atoms with E-state index >= 15 is 0 Å². The molecule has 0 saturated carbocycles. The molecule has 106 valence electrons. The van der Waals surface area contributed by atoms with Crippen molar-refractivity contribution in [1.82, 2.24) is 4.57 Å². The van der Waals surface area contributed by atoms with Gasteiger partial charge in [-0.2, -0.15) is 0 Å². The molecule has 2 N–H and O–H groups in total. The summed E-state index contributed by atoms with van der Waals surface area (Å²) in [6.45, 7) is 2.61. The molecule has 0 saturated heterocycles. The molecule has 0 fully saturated rings. The van der Waals surface area contributed by atoms with Crippen molar-refractivity contribution >= 4 is 28.1 Å². The van der Waals surface area contributed by atoms with Crippen LogP contribution in [0.3, 0.4) is 0 Å². The number of nitrogens with two attached hydrogens (primary N) is 1. The summed E-state index contributed by atoms with van der Waals surface area (Å²) in [5.74, 6) is -0.204. The molecule has 0 amide bonds. The number of benzene rings is 2. The summed E-state index contributed by atoms with van der Waals surface area (Å²) in [5.41, 5.74) is 9.66. The number of fused-ring (bicyclic) bond motifs is 1. The Morgan fingerprint density at radius 1 is 1.19 bits per heavy atom. The first-order valence-corrected chi connectivity index (χ1v) is 7.09. The van der Waals surface area contributed by atoms with E-state index in [1.807, 2.05) is 37.4 Å². The van der Waals surface area contributed by atoms with Gasteiger partial charge in [-0.15, -0.1) is 0 Å². The van der Waals surface area contributed by atoms with Crippen LogP contribution < -0.4 is 5.73 Å². The molecule has 1 aromatic heterocycles. The van der Waals surface area contributed by atoms with Crippen LogP contribution in [0.1, 0.15) is 16.7 Å². The molecule has 0 aliphatic carbocycles. The Labute approximate surface area is 128 Å². The third-order valence-electron chi connectivity index (χ3n) is 3.70. The topological polar surface area (TPSA) is 30.9 Å². The third-order valence-corrected chi connectivity index (χ3v) is 3.94. The lowest BCUT2D eigenvalue weighted by Gasteiger charge is -2.09. The van der Waals surface area contributed by atoms with Crippen molar-refractivity contribution in [2.45, 2.75) is 13.5 Å². The van der Waals surface area contributed by atoms with Crippen LogP contribution in [0.5, 0.6) is 0 Å². The van der Waals surface area contributed by atoms with Gasteiger partial charge in [0.25, 0.3) is 0 Å². The highest BCUT2D eigenvalue weighted by Crippen LogP contribution is 2.20. The number of hydrogen-bond acceptors (Lipinski definition) is 1. The molecule has 3 rings (SSSR count). The van der Waals surface area contributed by atoms with Crippen molar-refractivity contribution in [3.8, 4) is 0 Å². The first-order valence-electron chi connectivity index (χ1n) is 6.68. The maximum Gasteiger partial charge on any atom is 0.123 e. The molecule has 0 bridgehead atoms. The van der Waals surface area contributed by atoms with E-state index in [0.29, 0.717) is 11.5 Å². The number of halogens is 1. The summed E-state index contributed by atoms with van der Waals surface area (Å²) >= 11 is 5.03. The van der Waals surface area contributed by atoms with Gasteiger partial charge in [0.05, 0.1) is 0 Å². The van der Waals surface area contributed by atoms with Crippen molar-refractivity contribution in [3.63, 3.8) is 0 Å². The van der Waals surface area contributed by atoms with Crippen LogP contribution in [0.25, 0.3) is 10.9 Å². The van der Waals surface area contributed by atoms with E-state index in [2.05, 4.69) is 10.6 Å². The second kappa shape index (κ2) is 5.30.